The van der Waals surface area contributed by atoms with Gasteiger partial charge in [-0.2, -0.15) is 5.10 Å². The van der Waals surface area contributed by atoms with Crippen LogP contribution in [-0.2, 0) is 23.5 Å². The molecule has 0 bridgehead atoms. The van der Waals surface area contributed by atoms with Crippen molar-refractivity contribution >= 4 is 49.8 Å². The Morgan fingerprint density at radius 1 is 1.27 bits per heavy atom. The van der Waals surface area contributed by atoms with Gasteiger partial charge in [0.15, 0.2) is 5.75 Å². The van der Waals surface area contributed by atoms with Gasteiger partial charge in [-0.3, -0.25) is 9.48 Å². The molecule has 1 unspecified atom stereocenters. The van der Waals surface area contributed by atoms with Crippen LogP contribution in [0.1, 0.15) is 64.3 Å². The molecule has 0 saturated heterocycles. The summed E-state index contributed by atoms with van der Waals surface area (Å²) < 4.78 is 38.7. The Balaban J connectivity index is 1.45. The number of fused-ring (bicyclic) bond motifs is 2. The molecule has 6 rings (SSSR count). The van der Waals surface area contributed by atoms with Gasteiger partial charge in [0.25, 0.3) is 0 Å². The highest BCUT2D eigenvalue weighted by Gasteiger charge is 2.33. The molecule has 2 N–H and O–H groups in total. The summed E-state index contributed by atoms with van der Waals surface area (Å²) in [4.78, 5) is 26.8. The van der Waals surface area contributed by atoms with E-state index in [0.29, 0.717) is 28.8 Å². The molecule has 2 aliphatic rings. The lowest BCUT2D eigenvalue weighted by Gasteiger charge is -2.23. The minimum Gasteiger partial charge on any atom is -0.494 e. The van der Waals surface area contributed by atoms with Crippen LogP contribution < -0.4 is 14.9 Å². The Morgan fingerprint density at radius 3 is 2.65 bits per heavy atom. The number of rotatable bonds is 7. The quantitative estimate of drug-likeness (QED) is 0.310. The van der Waals surface area contributed by atoms with Crippen molar-refractivity contribution in [2.45, 2.75) is 56.0 Å². The van der Waals surface area contributed by atoms with E-state index >= 15 is 0 Å². The van der Waals surface area contributed by atoms with Crippen molar-refractivity contribution in [3.63, 3.8) is 0 Å². The first-order chi connectivity index (χ1) is 19.0. The average Bonchev–Trinajstić information content (AvgIpc) is 3.58. The summed E-state index contributed by atoms with van der Waals surface area (Å²) in [6, 6.07) is 5.08. The SMILES string of the molecule is COc1c(-c2cc3c(s2)CCCC3NS(=O)(=O)c2c(C)nn(C)c2Cl)ccc2c(=O)c(C(=O)O)cn(C3CC3)c12. The van der Waals surface area contributed by atoms with Crippen LogP contribution >= 0.6 is 22.9 Å². The number of aromatic nitrogens is 3. The van der Waals surface area contributed by atoms with Gasteiger partial charge in [-0.1, -0.05) is 11.6 Å². The number of hydrogen-bond acceptors (Lipinski definition) is 7. The Bertz CT molecular complexity index is 1870. The molecular formula is C27H27ClN4O6S2. The van der Waals surface area contributed by atoms with Crippen molar-refractivity contribution in [3.8, 4) is 16.2 Å². The van der Waals surface area contributed by atoms with E-state index < -0.39 is 27.5 Å². The Morgan fingerprint density at radius 2 is 2.02 bits per heavy atom. The number of benzene rings is 1. The molecular weight excluding hydrogens is 576 g/mol. The molecule has 4 aromatic rings. The zero-order valence-electron chi connectivity index (χ0n) is 22.0. The zero-order chi connectivity index (χ0) is 28.5. The van der Waals surface area contributed by atoms with Crippen LogP contribution in [0.3, 0.4) is 0 Å². The molecule has 1 saturated carbocycles. The number of carboxylic acids is 1. The van der Waals surface area contributed by atoms with Gasteiger partial charge in [0, 0.05) is 40.6 Å². The van der Waals surface area contributed by atoms with E-state index in [9.17, 15) is 23.1 Å². The number of nitrogens with zero attached hydrogens (tertiary/aromatic N) is 3. The summed E-state index contributed by atoms with van der Waals surface area (Å²) in [6.45, 7) is 1.61. The number of carbonyl (C=O) groups is 1. The van der Waals surface area contributed by atoms with E-state index in [1.165, 1.54) is 18.0 Å². The predicted octanol–water partition coefficient (Wildman–Crippen LogP) is 4.82. The molecule has 3 aromatic heterocycles. The minimum absolute atomic E-state index is 0.0192. The minimum atomic E-state index is -3.94. The maximum atomic E-state index is 13.4. The molecule has 0 amide bonds. The third kappa shape index (κ3) is 4.33. The van der Waals surface area contributed by atoms with Crippen molar-refractivity contribution in [2.24, 2.45) is 7.05 Å². The maximum absolute atomic E-state index is 13.4. The first-order valence-corrected chi connectivity index (χ1v) is 15.5. The lowest BCUT2D eigenvalue weighted by Crippen LogP contribution is -2.31. The second-order valence-electron chi connectivity index (χ2n) is 10.2. The van der Waals surface area contributed by atoms with Gasteiger partial charge >= 0.3 is 5.97 Å². The summed E-state index contributed by atoms with van der Waals surface area (Å²) in [5.74, 6) is -0.765. The van der Waals surface area contributed by atoms with Gasteiger partial charge in [-0.15, -0.1) is 11.3 Å². The summed E-state index contributed by atoms with van der Waals surface area (Å²) in [5.41, 5.74) is 1.75. The second kappa shape index (κ2) is 9.72. The first kappa shape index (κ1) is 27.0. The molecule has 40 heavy (non-hydrogen) atoms. The largest absolute Gasteiger partial charge is 0.494 e. The van der Waals surface area contributed by atoms with Crippen molar-refractivity contribution in [1.82, 2.24) is 19.1 Å². The van der Waals surface area contributed by atoms with E-state index in [4.69, 9.17) is 16.3 Å². The van der Waals surface area contributed by atoms with Gasteiger partial charge in [0.1, 0.15) is 15.6 Å². The van der Waals surface area contributed by atoms with Crippen LogP contribution in [0, 0.1) is 6.92 Å². The number of aryl methyl sites for hydroxylation is 3. The highest BCUT2D eigenvalue weighted by Crippen LogP contribution is 2.46. The van der Waals surface area contributed by atoms with Crippen LogP contribution in [0.25, 0.3) is 21.3 Å². The number of carboxylic acid groups (broad SMARTS) is 1. The highest BCUT2D eigenvalue weighted by molar-refractivity contribution is 7.89. The van der Waals surface area contributed by atoms with Crippen LogP contribution in [0.15, 0.2) is 34.1 Å². The van der Waals surface area contributed by atoms with Gasteiger partial charge in [-0.25, -0.2) is 17.9 Å². The standard InChI is InChI=1S/C27H27ClN4O6S2/c1-13-25(26(28)31(2)29-13)40(36,37)30-19-5-4-6-20-17(19)11-21(39-20)15-9-10-16-22(24(15)38-3)32(14-7-8-14)12-18(23(16)33)27(34)35/h9-12,14,19,30H,4-8H2,1-3H3,(H,34,35). The van der Waals surface area contributed by atoms with E-state index in [0.717, 1.165) is 46.6 Å². The Kier molecular flexibility index (Phi) is 6.56. The monoisotopic (exact) mass is 602 g/mol. The summed E-state index contributed by atoms with van der Waals surface area (Å²) >= 11 is 7.84. The fraction of sp³-hybridized carbons (Fsp3) is 0.370. The third-order valence-corrected chi connectivity index (χ3v) is 11.0. The topological polar surface area (TPSA) is 133 Å². The highest BCUT2D eigenvalue weighted by atomic mass is 35.5. The lowest BCUT2D eigenvalue weighted by molar-refractivity contribution is 0.0694. The van der Waals surface area contributed by atoms with Crippen LogP contribution in [0.4, 0.5) is 0 Å². The molecule has 0 spiro atoms. The number of aromatic carboxylic acids is 1. The van der Waals surface area contributed by atoms with E-state index in [-0.39, 0.29) is 21.7 Å². The number of sulfonamides is 1. The van der Waals surface area contributed by atoms with Gasteiger partial charge in [0.2, 0.25) is 15.5 Å². The summed E-state index contributed by atoms with van der Waals surface area (Å²) in [5, 5.41) is 14.1. The smallest absolute Gasteiger partial charge is 0.341 e. The van der Waals surface area contributed by atoms with Crippen LogP contribution in [-0.4, -0.2) is 41.0 Å². The molecule has 1 fully saturated rings. The molecule has 0 aliphatic heterocycles. The van der Waals surface area contributed by atoms with Gasteiger partial charge in [-0.05, 0) is 62.8 Å². The zero-order valence-corrected chi connectivity index (χ0v) is 24.4. The maximum Gasteiger partial charge on any atom is 0.341 e. The summed E-state index contributed by atoms with van der Waals surface area (Å²) in [6.07, 6.45) is 5.46. The Hall–Kier alpha value is -3.19. The van der Waals surface area contributed by atoms with E-state index in [2.05, 4.69) is 9.82 Å². The van der Waals surface area contributed by atoms with Crippen molar-refractivity contribution in [1.29, 1.82) is 0 Å². The third-order valence-electron chi connectivity index (χ3n) is 7.57. The molecule has 1 atom stereocenters. The number of halogens is 1. The van der Waals surface area contributed by atoms with Crippen molar-refractivity contribution in [2.75, 3.05) is 7.11 Å². The first-order valence-electron chi connectivity index (χ1n) is 12.8. The fourth-order valence-electron chi connectivity index (χ4n) is 5.58. The molecule has 10 nitrogen and oxygen atoms in total. The molecule has 13 heteroatoms. The van der Waals surface area contributed by atoms with Gasteiger partial charge < -0.3 is 14.4 Å². The average molecular weight is 603 g/mol. The molecule has 1 aromatic carbocycles. The lowest BCUT2D eigenvalue weighted by atomic mass is 9.94. The second-order valence-corrected chi connectivity index (χ2v) is 13.4. The Labute approximate surface area is 239 Å². The number of nitrogens with one attached hydrogen (secondary N) is 1. The number of thiophene rings is 1. The molecule has 210 valence electrons. The van der Waals surface area contributed by atoms with Crippen molar-refractivity contribution < 1.29 is 23.1 Å². The normalized spacial score (nSPS) is 17.2. The van der Waals surface area contributed by atoms with Crippen LogP contribution in [0.2, 0.25) is 5.15 Å². The molecule has 2 aliphatic carbocycles. The number of ether oxygens (including phenoxy) is 1. The predicted molar refractivity (Wildman–Crippen MR) is 152 cm³/mol. The van der Waals surface area contributed by atoms with Gasteiger partial charge in [0.05, 0.1) is 23.7 Å². The number of methoxy groups -OCH3 is 1. The van der Waals surface area contributed by atoms with E-state index in [1.807, 2.05) is 10.6 Å². The fourth-order valence-corrected chi connectivity index (χ4v) is 8.87. The van der Waals surface area contributed by atoms with Crippen molar-refractivity contribution in [3.05, 3.63) is 61.5 Å². The molecule has 3 heterocycles. The van der Waals surface area contributed by atoms with Crippen LogP contribution in [0.5, 0.6) is 5.75 Å². The number of pyridine rings is 1. The van der Waals surface area contributed by atoms with E-state index in [1.54, 1.807) is 37.4 Å². The molecule has 0 radical (unpaired) electrons. The summed E-state index contributed by atoms with van der Waals surface area (Å²) in [7, 11) is -0.801. The number of hydrogen-bond donors (Lipinski definition) is 2.